The molecule has 5 heteroatoms. The van der Waals surface area contributed by atoms with Crippen LogP contribution in [0, 0.1) is 13.8 Å². The van der Waals surface area contributed by atoms with Gasteiger partial charge in [-0.05, 0) is 53.5 Å². The largest absolute Gasteiger partial charge is 0.479 e. The van der Waals surface area contributed by atoms with Gasteiger partial charge in [-0.15, -0.1) is 0 Å². The summed E-state index contributed by atoms with van der Waals surface area (Å²) in [5.41, 5.74) is 2.74. The SMILES string of the molecule is Cc1ccc2c(Br)c(C(O)C(=O)O)c(C)cc2n1. The zero-order valence-electron chi connectivity index (χ0n) is 9.94. The molecular weight excluding hydrogens is 298 g/mol. The van der Waals surface area contributed by atoms with Crippen LogP contribution in [0.25, 0.3) is 10.9 Å². The first-order valence-corrected chi connectivity index (χ1v) is 6.18. The quantitative estimate of drug-likeness (QED) is 0.895. The third kappa shape index (κ3) is 2.11. The van der Waals surface area contributed by atoms with Crippen molar-refractivity contribution in [2.45, 2.75) is 20.0 Å². The van der Waals surface area contributed by atoms with Crippen LogP contribution < -0.4 is 0 Å². The van der Waals surface area contributed by atoms with Crippen molar-refractivity contribution >= 4 is 32.8 Å². The van der Waals surface area contributed by atoms with Gasteiger partial charge in [0.15, 0.2) is 6.10 Å². The number of aliphatic hydroxyl groups is 1. The first-order chi connectivity index (χ1) is 8.41. The number of carboxylic acids is 1. The second kappa shape index (κ2) is 4.66. The molecular formula is C13H12BrNO3. The molecule has 0 aliphatic heterocycles. The van der Waals surface area contributed by atoms with Crippen LogP contribution in [-0.2, 0) is 4.79 Å². The highest BCUT2D eigenvalue weighted by Gasteiger charge is 2.22. The molecule has 2 rings (SSSR count). The van der Waals surface area contributed by atoms with Crippen LogP contribution in [0.15, 0.2) is 22.7 Å². The second-order valence-electron chi connectivity index (χ2n) is 4.18. The van der Waals surface area contributed by atoms with Crippen LogP contribution in [-0.4, -0.2) is 21.2 Å². The number of halogens is 1. The molecule has 2 N–H and O–H groups in total. The number of rotatable bonds is 2. The average Bonchev–Trinajstić information content (AvgIpc) is 2.27. The highest BCUT2D eigenvalue weighted by Crippen LogP contribution is 2.33. The molecule has 1 atom stereocenters. The van der Waals surface area contributed by atoms with E-state index in [-0.39, 0.29) is 0 Å². The molecule has 0 saturated heterocycles. The summed E-state index contributed by atoms with van der Waals surface area (Å²) >= 11 is 3.36. The number of aliphatic carboxylic acids is 1. The number of aryl methyl sites for hydroxylation is 2. The fourth-order valence-corrected chi connectivity index (χ4v) is 2.80. The average molecular weight is 310 g/mol. The van der Waals surface area contributed by atoms with Crippen molar-refractivity contribution in [3.8, 4) is 0 Å². The van der Waals surface area contributed by atoms with Gasteiger partial charge >= 0.3 is 5.97 Å². The van der Waals surface area contributed by atoms with Crippen LogP contribution in [0.3, 0.4) is 0 Å². The number of hydrogen-bond donors (Lipinski definition) is 2. The maximum atomic E-state index is 10.9. The van der Waals surface area contributed by atoms with Gasteiger partial charge < -0.3 is 10.2 Å². The number of pyridine rings is 1. The van der Waals surface area contributed by atoms with Gasteiger partial charge in [0, 0.05) is 21.1 Å². The van der Waals surface area contributed by atoms with Crippen molar-refractivity contribution in [1.82, 2.24) is 4.98 Å². The Kier molecular flexibility index (Phi) is 3.36. The van der Waals surface area contributed by atoms with Crippen molar-refractivity contribution in [2.75, 3.05) is 0 Å². The molecule has 0 radical (unpaired) electrons. The van der Waals surface area contributed by atoms with Crippen LogP contribution in [0.2, 0.25) is 0 Å². The minimum atomic E-state index is -1.54. The summed E-state index contributed by atoms with van der Waals surface area (Å²) in [5.74, 6) is -1.27. The molecule has 0 bridgehead atoms. The maximum Gasteiger partial charge on any atom is 0.337 e. The zero-order valence-corrected chi connectivity index (χ0v) is 11.5. The van der Waals surface area contributed by atoms with Crippen molar-refractivity contribution < 1.29 is 15.0 Å². The van der Waals surface area contributed by atoms with Gasteiger partial charge in [-0.1, -0.05) is 0 Å². The predicted octanol–water partition coefficient (Wildman–Crippen LogP) is 2.73. The summed E-state index contributed by atoms with van der Waals surface area (Å²) in [5, 5.41) is 19.4. The molecule has 0 saturated carbocycles. The first-order valence-electron chi connectivity index (χ1n) is 5.39. The summed E-state index contributed by atoms with van der Waals surface area (Å²) in [6, 6.07) is 5.49. The molecule has 0 aliphatic carbocycles. The van der Waals surface area contributed by atoms with E-state index in [1.165, 1.54) is 0 Å². The van der Waals surface area contributed by atoms with Crippen molar-refractivity contribution in [3.63, 3.8) is 0 Å². The Bertz CT molecular complexity index is 640. The van der Waals surface area contributed by atoms with Crippen molar-refractivity contribution in [2.24, 2.45) is 0 Å². The summed E-state index contributed by atoms with van der Waals surface area (Å²) in [6.45, 7) is 3.65. The molecule has 4 nitrogen and oxygen atoms in total. The number of carbonyl (C=O) groups is 1. The molecule has 0 amide bonds. The van der Waals surface area contributed by atoms with Gasteiger partial charge in [-0.25, -0.2) is 4.79 Å². The minimum Gasteiger partial charge on any atom is -0.479 e. The van der Waals surface area contributed by atoms with Gasteiger partial charge in [0.2, 0.25) is 0 Å². The van der Waals surface area contributed by atoms with Gasteiger partial charge in [0.25, 0.3) is 0 Å². The van der Waals surface area contributed by atoms with Crippen LogP contribution in [0.4, 0.5) is 0 Å². The number of hydrogen-bond acceptors (Lipinski definition) is 3. The Morgan fingerprint density at radius 3 is 2.67 bits per heavy atom. The summed E-state index contributed by atoms with van der Waals surface area (Å²) in [7, 11) is 0. The molecule has 1 aromatic heterocycles. The van der Waals surface area contributed by atoms with E-state index < -0.39 is 12.1 Å². The molecule has 1 unspecified atom stereocenters. The predicted molar refractivity (Wildman–Crippen MR) is 71.5 cm³/mol. The number of aliphatic hydroxyl groups excluding tert-OH is 1. The molecule has 18 heavy (non-hydrogen) atoms. The fraction of sp³-hybridized carbons (Fsp3) is 0.231. The summed E-state index contributed by atoms with van der Waals surface area (Å²) < 4.78 is 0.583. The summed E-state index contributed by atoms with van der Waals surface area (Å²) in [6.07, 6.45) is -1.54. The highest BCUT2D eigenvalue weighted by atomic mass is 79.9. The van der Waals surface area contributed by atoms with Gasteiger partial charge in [-0.2, -0.15) is 0 Å². The van der Waals surface area contributed by atoms with Crippen molar-refractivity contribution in [1.29, 1.82) is 0 Å². The lowest BCUT2D eigenvalue weighted by Gasteiger charge is -2.14. The third-order valence-electron chi connectivity index (χ3n) is 2.82. The van der Waals surface area contributed by atoms with Crippen LogP contribution >= 0.6 is 15.9 Å². The minimum absolute atomic E-state index is 0.376. The molecule has 2 aromatic rings. The van der Waals surface area contributed by atoms with Crippen molar-refractivity contribution in [3.05, 3.63) is 39.5 Å². The number of aromatic nitrogens is 1. The maximum absolute atomic E-state index is 10.9. The Labute approximate surface area is 112 Å². The molecule has 1 heterocycles. The van der Waals surface area contributed by atoms with Gasteiger partial charge in [0.1, 0.15) is 0 Å². The Morgan fingerprint density at radius 1 is 1.39 bits per heavy atom. The molecule has 0 aliphatic rings. The summed E-state index contributed by atoms with van der Waals surface area (Å²) in [4.78, 5) is 15.3. The smallest absolute Gasteiger partial charge is 0.337 e. The number of benzene rings is 1. The van der Waals surface area contributed by atoms with E-state index >= 15 is 0 Å². The number of nitrogens with zero attached hydrogens (tertiary/aromatic N) is 1. The number of fused-ring (bicyclic) bond motifs is 1. The first kappa shape index (κ1) is 13.0. The monoisotopic (exact) mass is 309 g/mol. The zero-order chi connectivity index (χ0) is 13.4. The van der Waals surface area contributed by atoms with E-state index in [0.717, 1.165) is 16.6 Å². The number of carboxylic acid groups (broad SMARTS) is 1. The topological polar surface area (TPSA) is 70.4 Å². The fourth-order valence-electron chi connectivity index (χ4n) is 1.93. The van der Waals surface area contributed by atoms with Gasteiger partial charge in [-0.3, -0.25) is 4.98 Å². The van der Waals surface area contributed by atoms with E-state index in [4.69, 9.17) is 5.11 Å². The lowest BCUT2D eigenvalue weighted by atomic mass is 10.00. The molecule has 0 spiro atoms. The van der Waals surface area contributed by atoms with Crippen LogP contribution in [0.1, 0.15) is 22.9 Å². The Balaban J connectivity index is 2.77. The van der Waals surface area contributed by atoms with E-state index in [9.17, 15) is 9.90 Å². The van der Waals surface area contributed by atoms with E-state index in [2.05, 4.69) is 20.9 Å². The lowest BCUT2D eigenvalue weighted by molar-refractivity contribution is -0.147. The Hall–Kier alpha value is -1.46. The second-order valence-corrected chi connectivity index (χ2v) is 4.97. The third-order valence-corrected chi connectivity index (χ3v) is 3.68. The lowest BCUT2D eigenvalue weighted by Crippen LogP contribution is -2.13. The van der Waals surface area contributed by atoms with E-state index in [1.54, 1.807) is 13.0 Å². The highest BCUT2D eigenvalue weighted by molar-refractivity contribution is 9.10. The van der Waals surface area contributed by atoms with Crippen LogP contribution in [0.5, 0.6) is 0 Å². The van der Waals surface area contributed by atoms with Gasteiger partial charge in [0.05, 0.1) is 5.52 Å². The molecule has 0 fully saturated rings. The standard InChI is InChI=1S/C13H12BrNO3/c1-6-5-9-8(4-3-7(2)15-9)11(14)10(6)12(16)13(17)18/h3-5,12,16H,1-2H3,(H,17,18). The van der Waals surface area contributed by atoms with E-state index in [0.29, 0.717) is 15.6 Å². The normalized spacial score (nSPS) is 12.7. The molecule has 1 aromatic carbocycles. The molecule has 94 valence electrons. The Morgan fingerprint density at radius 2 is 2.06 bits per heavy atom. The van der Waals surface area contributed by atoms with E-state index in [1.807, 2.05) is 19.1 Å².